The van der Waals surface area contributed by atoms with Crippen molar-refractivity contribution in [2.24, 2.45) is 5.92 Å². The summed E-state index contributed by atoms with van der Waals surface area (Å²) < 4.78 is 5.26. The molecule has 1 aliphatic carbocycles. The van der Waals surface area contributed by atoms with Crippen LogP contribution in [0.2, 0.25) is 0 Å². The molecule has 1 atom stereocenters. The highest BCUT2D eigenvalue weighted by Gasteiger charge is 2.39. The first-order valence-corrected chi connectivity index (χ1v) is 10.7. The van der Waals surface area contributed by atoms with E-state index >= 15 is 0 Å². The Kier molecular flexibility index (Phi) is 6.01. The summed E-state index contributed by atoms with van der Waals surface area (Å²) in [6.45, 7) is 1.04. The van der Waals surface area contributed by atoms with E-state index in [0.29, 0.717) is 31.1 Å². The van der Waals surface area contributed by atoms with Gasteiger partial charge in [-0.25, -0.2) is 4.79 Å². The predicted octanol–water partition coefficient (Wildman–Crippen LogP) is 2.25. The average molecular weight is 413 g/mol. The number of hydrogen-bond donors (Lipinski definition) is 2. The van der Waals surface area contributed by atoms with E-state index in [1.165, 1.54) is 30.6 Å². The van der Waals surface area contributed by atoms with Crippen molar-refractivity contribution in [1.29, 1.82) is 0 Å². The number of amides is 4. The predicted molar refractivity (Wildman–Crippen MR) is 107 cm³/mol. The van der Waals surface area contributed by atoms with Gasteiger partial charge in [0.25, 0.3) is 5.91 Å². The maximum atomic E-state index is 12.8. The fourth-order valence-corrected chi connectivity index (χ4v) is 4.55. The number of piperidine rings is 1. The van der Waals surface area contributed by atoms with E-state index in [1.807, 2.05) is 12.1 Å². The van der Waals surface area contributed by atoms with Crippen molar-refractivity contribution in [2.75, 3.05) is 6.61 Å². The molecule has 1 aromatic carbocycles. The molecule has 160 valence electrons. The van der Waals surface area contributed by atoms with Crippen molar-refractivity contribution < 1.29 is 23.9 Å². The Bertz CT molecular complexity index is 862. The van der Waals surface area contributed by atoms with Gasteiger partial charge in [0.2, 0.25) is 11.8 Å². The van der Waals surface area contributed by atoms with Crippen molar-refractivity contribution in [3.05, 3.63) is 34.9 Å². The molecule has 4 rings (SSSR count). The highest BCUT2D eigenvalue weighted by molar-refractivity contribution is 6.05. The number of nitrogens with one attached hydrogen (secondary N) is 2. The quantitative estimate of drug-likeness (QED) is 0.696. The van der Waals surface area contributed by atoms with Crippen LogP contribution in [0.4, 0.5) is 4.79 Å². The maximum Gasteiger partial charge on any atom is 0.407 e. The third-order valence-electron chi connectivity index (χ3n) is 6.26. The molecule has 1 saturated carbocycles. The number of imide groups is 1. The molecular formula is C22H27N3O5. The van der Waals surface area contributed by atoms with Crippen LogP contribution in [-0.2, 0) is 27.4 Å². The second-order valence-electron chi connectivity index (χ2n) is 8.32. The zero-order valence-corrected chi connectivity index (χ0v) is 16.9. The second-order valence-corrected chi connectivity index (χ2v) is 8.32. The van der Waals surface area contributed by atoms with E-state index in [-0.39, 0.29) is 24.8 Å². The smallest absolute Gasteiger partial charge is 0.407 e. The number of nitrogens with zero attached hydrogens (tertiary/aromatic N) is 1. The molecule has 0 radical (unpaired) electrons. The monoisotopic (exact) mass is 413 g/mol. The lowest BCUT2D eigenvalue weighted by atomic mass is 10.0. The van der Waals surface area contributed by atoms with Crippen LogP contribution in [0.15, 0.2) is 18.2 Å². The van der Waals surface area contributed by atoms with Gasteiger partial charge in [-0.2, -0.15) is 0 Å². The summed E-state index contributed by atoms with van der Waals surface area (Å²) in [5.74, 6) is -0.271. The molecule has 3 aliphatic rings. The molecule has 2 heterocycles. The number of ether oxygens (including phenoxy) is 1. The molecule has 2 N–H and O–H groups in total. The van der Waals surface area contributed by atoms with Crippen molar-refractivity contribution in [1.82, 2.24) is 15.5 Å². The molecule has 4 amide bonds. The van der Waals surface area contributed by atoms with Crippen molar-refractivity contribution >= 4 is 23.8 Å². The van der Waals surface area contributed by atoms with E-state index in [1.54, 1.807) is 6.07 Å². The van der Waals surface area contributed by atoms with Gasteiger partial charge in [-0.05, 0) is 36.0 Å². The Morgan fingerprint density at radius 2 is 1.97 bits per heavy atom. The SMILES string of the molecule is O=C1CCC(N2Cc3ccc(CNC(=O)OCCC4CCCC4)cc3C2=O)C(=O)N1. The van der Waals surface area contributed by atoms with Crippen molar-refractivity contribution in [2.45, 2.75) is 64.1 Å². The molecule has 0 aromatic heterocycles. The Balaban J connectivity index is 1.29. The molecule has 1 unspecified atom stereocenters. The summed E-state index contributed by atoms with van der Waals surface area (Å²) in [5, 5.41) is 5.03. The lowest BCUT2D eigenvalue weighted by Gasteiger charge is -2.29. The van der Waals surface area contributed by atoms with Crippen LogP contribution in [0.3, 0.4) is 0 Å². The number of carbonyl (C=O) groups excluding carboxylic acids is 4. The molecular weight excluding hydrogens is 386 g/mol. The second kappa shape index (κ2) is 8.85. The number of alkyl carbamates (subject to hydrolysis) is 1. The largest absolute Gasteiger partial charge is 0.450 e. The third kappa shape index (κ3) is 4.47. The third-order valence-corrected chi connectivity index (χ3v) is 6.26. The molecule has 30 heavy (non-hydrogen) atoms. The Hall–Kier alpha value is -2.90. The van der Waals surface area contributed by atoms with E-state index < -0.39 is 18.0 Å². The number of benzene rings is 1. The van der Waals surface area contributed by atoms with Gasteiger partial charge >= 0.3 is 6.09 Å². The van der Waals surface area contributed by atoms with Crippen LogP contribution in [0.25, 0.3) is 0 Å². The first kappa shape index (κ1) is 20.4. The molecule has 1 saturated heterocycles. The Morgan fingerprint density at radius 1 is 1.17 bits per heavy atom. The first-order chi connectivity index (χ1) is 14.5. The van der Waals surface area contributed by atoms with Gasteiger partial charge in [-0.15, -0.1) is 0 Å². The normalized spacial score (nSPS) is 21.5. The van der Waals surface area contributed by atoms with Crippen molar-refractivity contribution in [3.63, 3.8) is 0 Å². The summed E-state index contributed by atoms with van der Waals surface area (Å²) in [6.07, 6.45) is 6.03. The Labute approximate surface area is 175 Å². The number of hydrogen-bond acceptors (Lipinski definition) is 5. The standard InChI is InChI=1S/C22H27N3O5/c26-19-8-7-18(20(27)24-19)25-13-16-6-5-15(11-17(16)21(25)28)12-23-22(29)30-10-9-14-3-1-2-4-14/h5-6,11,14,18H,1-4,7-10,12-13H2,(H,23,29)(H,24,26,27). The van der Waals surface area contributed by atoms with Crippen LogP contribution in [-0.4, -0.2) is 41.4 Å². The van der Waals surface area contributed by atoms with Gasteiger partial charge in [0.1, 0.15) is 6.04 Å². The minimum atomic E-state index is -0.626. The highest BCUT2D eigenvalue weighted by Crippen LogP contribution is 2.28. The van der Waals surface area contributed by atoms with Crippen LogP contribution < -0.4 is 10.6 Å². The fraction of sp³-hybridized carbons (Fsp3) is 0.545. The van der Waals surface area contributed by atoms with Crippen LogP contribution >= 0.6 is 0 Å². The number of carbonyl (C=O) groups is 4. The molecule has 2 fully saturated rings. The summed E-state index contributed by atoms with van der Waals surface area (Å²) >= 11 is 0. The summed E-state index contributed by atoms with van der Waals surface area (Å²) in [4.78, 5) is 49.7. The molecule has 8 nitrogen and oxygen atoms in total. The average Bonchev–Trinajstić information content (AvgIpc) is 3.35. The molecule has 1 aromatic rings. The Morgan fingerprint density at radius 3 is 2.73 bits per heavy atom. The lowest BCUT2D eigenvalue weighted by Crippen LogP contribution is -2.52. The minimum Gasteiger partial charge on any atom is -0.450 e. The molecule has 0 spiro atoms. The highest BCUT2D eigenvalue weighted by atomic mass is 16.5. The van der Waals surface area contributed by atoms with Crippen LogP contribution in [0.5, 0.6) is 0 Å². The van der Waals surface area contributed by atoms with Crippen LogP contribution in [0, 0.1) is 5.92 Å². The van der Waals surface area contributed by atoms with Crippen molar-refractivity contribution in [3.8, 4) is 0 Å². The van der Waals surface area contributed by atoms with Crippen LogP contribution in [0.1, 0.15) is 66.4 Å². The number of rotatable bonds is 6. The van der Waals surface area contributed by atoms with E-state index in [4.69, 9.17) is 4.74 Å². The van der Waals surface area contributed by atoms with E-state index in [2.05, 4.69) is 10.6 Å². The zero-order chi connectivity index (χ0) is 21.1. The van der Waals surface area contributed by atoms with E-state index in [0.717, 1.165) is 17.5 Å². The van der Waals surface area contributed by atoms with Gasteiger partial charge < -0.3 is 15.0 Å². The van der Waals surface area contributed by atoms with Gasteiger partial charge in [-0.1, -0.05) is 37.8 Å². The topological polar surface area (TPSA) is 105 Å². The molecule has 8 heteroatoms. The van der Waals surface area contributed by atoms with Gasteiger partial charge in [0.05, 0.1) is 6.61 Å². The molecule has 2 aliphatic heterocycles. The zero-order valence-electron chi connectivity index (χ0n) is 16.9. The van der Waals surface area contributed by atoms with E-state index in [9.17, 15) is 19.2 Å². The summed E-state index contributed by atoms with van der Waals surface area (Å²) in [7, 11) is 0. The minimum absolute atomic E-state index is 0.222. The molecule has 0 bridgehead atoms. The fourth-order valence-electron chi connectivity index (χ4n) is 4.55. The first-order valence-electron chi connectivity index (χ1n) is 10.7. The van der Waals surface area contributed by atoms with Gasteiger partial charge in [0.15, 0.2) is 0 Å². The van der Waals surface area contributed by atoms with Gasteiger partial charge in [0, 0.05) is 25.1 Å². The summed E-state index contributed by atoms with van der Waals surface area (Å²) in [5.41, 5.74) is 2.17. The van der Waals surface area contributed by atoms with Gasteiger partial charge in [-0.3, -0.25) is 19.7 Å². The lowest BCUT2D eigenvalue weighted by molar-refractivity contribution is -0.136. The maximum absolute atomic E-state index is 12.8. The summed E-state index contributed by atoms with van der Waals surface area (Å²) in [6, 6.07) is 4.84. The number of fused-ring (bicyclic) bond motifs is 1.